The van der Waals surface area contributed by atoms with Crippen molar-refractivity contribution in [1.82, 2.24) is 15.2 Å². The third kappa shape index (κ3) is 3.38. The fourth-order valence-electron chi connectivity index (χ4n) is 3.20. The van der Waals surface area contributed by atoms with Crippen molar-refractivity contribution in [3.05, 3.63) is 46.4 Å². The molecule has 5 nitrogen and oxygen atoms in total. The van der Waals surface area contributed by atoms with Crippen LogP contribution in [0, 0.1) is 0 Å². The van der Waals surface area contributed by atoms with Gasteiger partial charge in [-0.3, -0.25) is 0 Å². The largest absolute Gasteiger partial charge is 0.372 e. The van der Waals surface area contributed by atoms with Crippen LogP contribution in [0.2, 0.25) is 0 Å². The van der Waals surface area contributed by atoms with Gasteiger partial charge < -0.3 is 15.1 Å². The topological polar surface area (TPSA) is 48.5 Å². The molecule has 0 spiro atoms. The maximum atomic E-state index is 12.9. The first-order valence-electron chi connectivity index (χ1n) is 8.35. The number of amides is 2. The van der Waals surface area contributed by atoms with E-state index in [1.807, 2.05) is 22.4 Å². The zero-order valence-electron chi connectivity index (χ0n) is 14.4. The lowest BCUT2D eigenvalue weighted by Crippen LogP contribution is -2.47. The highest BCUT2D eigenvalue weighted by atomic mass is 32.1. The number of likely N-dealkylation sites (N-methyl/N-ethyl adjacent to an activating group) is 1. The van der Waals surface area contributed by atoms with E-state index in [1.54, 1.807) is 17.5 Å². The average Bonchev–Trinajstić information content (AvgIpc) is 3.07. The average molecular weight is 344 g/mol. The molecule has 2 heterocycles. The molecule has 24 heavy (non-hydrogen) atoms. The van der Waals surface area contributed by atoms with Gasteiger partial charge in [-0.2, -0.15) is 0 Å². The lowest BCUT2D eigenvalue weighted by molar-refractivity contribution is 0.174. The van der Waals surface area contributed by atoms with Gasteiger partial charge in [-0.25, -0.2) is 9.78 Å². The van der Waals surface area contributed by atoms with Crippen LogP contribution in [0.4, 0.5) is 10.5 Å². The Morgan fingerprint density at radius 2 is 2.25 bits per heavy atom. The van der Waals surface area contributed by atoms with Gasteiger partial charge in [0, 0.05) is 43.4 Å². The van der Waals surface area contributed by atoms with Crippen LogP contribution in [0.3, 0.4) is 0 Å². The molecule has 0 fully saturated rings. The normalized spacial score (nSPS) is 18.7. The summed E-state index contributed by atoms with van der Waals surface area (Å²) < 4.78 is 0. The van der Waals surface area contributed by atoms with Gasteiger partial charge in [0.05, 0.1) is 6.04 Å². The van der Waals surface area contributed by atoms with Crippen LogP contribution >= 0.6 is 11.3 Å². The third-order valence-corrected chi connectivity index (χ3v) is 5.42. The molecule has 0 saturated carbocycles. The van der Waals surface area contributed by atoms with Crippen molar-refractivity contribution in [3.63, 3.8) is 0 Å². The highest BCUT2D eigenvalue weighted by molar-refractivity contribution is 7.09. The molecule has 1 aliphatic rings. The Bertz CT molecular complexity index is 688. The second kappa shape index (κ2) is 7.21. The molecule has 0 bridgehead atoms. The van der Waals surface area contributed by atoms with Crippen LogP contribution in [-0.4, -0.2) is 35.5 Å². The quantitative estimate of drug-likeness (QED) is 0.925. The number of carbonyl (C=O) groups excluding carboxylic acids is 1. The van der Waals surface area contributed by atoms with Crippen molar-refractivity contribution in [2.24, 2.45) is 0 Å². The van der Waals surface area contributed by atoms with Crippen LogP contribution in [0.1, 0.15) is 36.9 Å². The van der Waals surface area contributed by atoms with Crippen molar-refractivity contribution in [2.75, 3.05) is 18.5 Å². The Labute approximate surface area is 147 Å². The van der Waals surface area contributed by atoms with Gasteiger partial charge in [-0.05, 0) is 25.0 Å². The molecule has 0 unspecified atom stereocenters. The third-order valence-electron chi connectivity index (χ3n) is 4.53. The molecule has 128 valence electrons. The number of hydrogen-bond donors (Lipinski definition) is 1. The Morgan fingerprint density at radius 1 is 1.46 bits per heavy atom. The maximum absolute atomic E-state index is 12.9. The first kappa shape index (κ1) is 16.8. The number of carbonyl (C=O) groups is 1. The van der Waals surface area contributed by atoms with Crippen molar-refractivity contribution in [1.29, 1.82) is 0 Å². The summed E-state index contributed by atoms with van der Waals surface area (Å²) in [6.45, 7) is 5.62. The maximum Gasteiger partial charge on any atom is 0.318 e. The summed E-state index contributed by atoms with van der Waals surface area (Å²) >= 11 is 1.59. The molecule has 2 atom stereocenters. The van der Waals surface area contributed by atoms with Gasteiger partial charge in [0.2, 0.25) is 0 Å². The Morgan fingerprint density at radius 3 is 2.96 bits per heavy atom. The van der Waals surface area contributed by atoms with Crippen molar-refractivity contribution in [2.45, 2.75) is 38.9 Å². The molecule has 1 aromatic carbocycles. The summed E-state index contributed by atoms with van der Waals surface area (Å²) in [5, 5.41) is 6.07. The highest BCUT2D eigenvalue weighted by Gasteiger charge is 2.28. The minimum Gasteiger partial charge on any atom is -0.372 e. The molecule has 3 rings (SSSR count). The number of hydrogen-bond acceptors (Lipinski definition) is 4. The number of nitrogens with zero attached hydrogens (tertiary/aromatic N) is 3. The summed E-state index contributed by atoms with van der Waals surface area (Å²) in [6.07, 6.45) is 2.62. The van der Waals surface area contributed by atoms with Crippen molar-refractivity contribution in [3.8, 4) is 0 Å². The second-order valence-corrected chi connectivity index (χ2v) is 7.19. The summed E-state index contributed by atoms with van der Waals surface area (Å²) in [5.74, 6) is 0. The smallest absolute Gasteiger partial charge is 0.318 e. The van der Waals surface area contributed by atoms with E-state index in [1.165, 1.54) is 11.3 Å². The van der Waals surface area contributed by atoms with E-state index in [-0.39, 0.29) is 18.1 Å². The standard InChI is InChI=1S/C18H24N4OS/c1-4-15(17-19-9-10-24-17)20-18(23)22-12-14-7-5-6-8-16(14)21(3)11-13(22)2/h5-10,13,15H,4,11-12H2,1-3H3,(H,20,23)/t13-,15+/m1/s1. The number of urea groups is 1. The lowest BCUT2D eigenvalue weighted by Gasteiger charge is -2.30. The van der Waals surface area contributed by atoms with Crippen LogP contribution in [0.25, 0.3) is 0 Å². The first-order chi connectivity index (χ1) is 11.6. The number of anilines is 1. The molecule has 0 saturated heterocycles. The van der Waals surface area contributed by atoms with Gasteiger partial charge in [0.15, 0.2) is 0 Å². The molecule has 0 radical (unpaired) electrons. The summed E-state index contributed by atoms with van der Waals surface area (Å²) in [6, 6.07) is 8.39. The van der Waals surface area contributed by atoms with E-state index in [2.05, 4.69) is 48.2 Å². The van der Waals surface area contributed by atoms with Gasteiger partial charge in [-0.15, -0.1) is 11.3 Å². The molecule has 6 heteroatoms. The summed E-state index contributed by atoms with van der Waals surface area (Å²) in [5.41, 5.74) is 2.38. The Hall–Kier alpha value is -2.08. The van der Waals surface area contributed by atoms with Gasteiger partial charge in [0.1, 0.15) is 5.01 Å². The molecule has 1 aromatic heterocycles. The van der Waals surface area contributed by atoms with Gasteiger partial charge >= 0.3 is 6.03 Å². The molecule has 0 aliphatic carbocycles. The minimum absolute atomic E-state index is 0.0188. The molecular weight excluding hydrogens is 320 g/mol. The SMILES string of the molecule is CC[C@H](NC(=O)N1Cc2ccccc2N(C)C[C@H]1C)c1nccs1. The fraction of sp³-hybridized carbons (Fsp3) is 0.444. The number of benzene rings is 1. The van der Waals surface area contributed by atoms with Gasteiger partial charge in [0.25, 0.3) is 0 Å². The van der Waals surface area contributed by atoms with Crippen LogP contribution in [-0.2, 0) is 6.54 Å². The molecular formula is C18H24N4OS. The van der Waals surface area contributed by atoms with Crippen LogP contribution < -0.4 is 10.2 Å². The van der Waals surface area contributed by atoms with E-state index < -0.39 is 0 Å². The van der Waals surface area contributed by atoms with E-state index >= 15 is 0 Å². The predicted octanol–water partition coefficient (Wildman–Crippen LogP) is 3.64. The number of thiazole rings is 1. The predicted molar refractivity (Wildman–Crippen MR) is 98.4 cm³/mol. The summed E-state index contributed by atoms with van der Waals surface area (Å²) in [7, 11) is 2.08. The molecule has 1 N–H and O–H groups in total. The van der Waals surface area contributed by atoms with Crippen LogP contribution in [0.15, 0.2) is 35.8 Å². The Kier molecular flexibility index (Phi) is 5.04. The number of nitrogens with one attached hydrogen (secondary N) is 1. The lowest BCUT2D eigenvalue weighted by atomic mass is 10.1. The fourth-order valence-corrected chi connectivity index (χ4v) is 3.97. The second-order valence-electron chi connectivity index (χ2n) is 6.27. The van der Waals surface area contributed by atoms with Crippen molar-refractivity contribution < 1.29 is 4.79 Å². The number of para-hydroxylation sites is 1. The monoisotopic (exact) mass is 344 g/mol. The van der Waals surface area contributed by atoms with Gasteiger partial charge in [-0.1, -0.05) is 25.1 Å². The van der Waals surface area contributed by atoms with E-state index in [0.717, 1.165) is 18.0 Å². The first-order valence-corrected chi connectivity index (χ1v) is 9.23. The van der Waals surface area contributed by atoms with Crippen LogP contribution in [0.5, 0.6) is 0 Å². The molecule has 2 aromatic rings. The van der Waals surface area contributed by atoms with Crippen molar-refractivity contribution >= 4 is 23.1 Å². The number of rotatable bonds is 3. The summed E-state index contributed by atoms with van der Waals surface area (Å²) in [4.78, 5) is 21.4. The highest BCUT2D eigenvalue weighted by Crippen LogP contribution is 2.27. The number of aromatic nitrogens is 1. The molecule has 2 amide bonds. The minimum atomic E-state index is -0.0269. The molecule has 1 aliphatic heterocycles. The Balaban J connectivity index is 1.79. The van der Waals surface area contributed by atoms with E-state index in [0.29, 0.717) is 6.54 Å². The zero-order valence-corrected chi connectivity index (χ0v) is 15.2. The van der Waals surface area contributed by atoms with E-state index in [4.69, 9.17) is 0 Å². The number of fused-ring (bicyclic) bond motifs is 1. The van der Waals surface area contributed by atoms with E-state index in [9.17, 15) is 4.79 Å². The zero-order chi connectivity index (χ0) is 17.1.